The second-order valence-corrected chi connectivity index (χ2v) is 3.97. The first-order valence-corrected chi connectivity index (χ1v) is 5.69. The highest BCUT2D eigenvalue weighted by Crippen LogP contribution is 2.30. The molecule has 0 aliphatic rings. The van der Waals surface area contributed by atoms with E-state index in [1.165, 1.54) is 18.2 Å². The van der Waals surface area contributed by atoms with E-state index in [0.29, 0.717) is 5.69 Å². The van der Waals surface area contributed by atoms with Crippen LogP contribution in [0, 0.1) is 11.6 Å². The normalized spacial score (nSPS) is 10.7. The number of hydrogen-bond acceptors (Lipinski definition) is 3. The number of nitrogen functional groups attached to an aromatic ring is 1. The van der Waals surface area contributed by atoms with Gasteiger partial charge in [-0.25, -0.2) is 8.78 Å². The summed E-state index contributed by atoms with van der Waals surface area (Å²) < 4.78 is 27.1. The molecule has 2 rings (SSSR count). The quantitative estimate of drug-likeness (QED) is 0.795. The minimum atomic E-state index is -0.601. The highest BCUT2D eigenvalue weighted by molar-refractivity contribution is 7.98. The number of thioether (sulfide) groups is 1. The van der Waals surface area contributed by atoms with Crippen molar-refractivity contribution in [2.75, 3.05) is 12.0 Å². The summed E-state index contributed by atoms with van der Waals surface area (Å²) >= 11 is 1.02. The zero-order valence-electron chi connectivity index (χ0n) is 8.42. The van der Waals surface area contributed by atoms with Crippen LogP contribution in [0.4, 0.5) is 14.6 Å². The summed E-state index contributed by atoms with van der Waals surface area (Å²) in [6.45, 7) is 0. The molecule has 6 heteroatoms. The summed E-state index contributed by atoms with van der Waals surface area (Å²) in [6.07, 6.45) is 1.62. The van der Waals surface area contributed by atoms with Crippen molar-refractivity contribution in [1.29, 1.82) is 0 Å². The number of anilines is 1. The monoisotopic (exact) mass is 241 g/mol. The van der Waals surface area contributed by atoms with Crippen molar-refractivity contribution in [3.8, 4) is 11.3 Å². The molecule has 16 heavy (non-hydrogen) atoms. The Labute approximate surface area is 95.0 Å². The van der Waals surface area contributed by atoms with E-state index >= 15 is 0 Å². The van der Waals surface area contributed by atoms with Gasteiger partial charge in [0.1, 0.15) is 17.5 Å². The third kappa shape index (κ3) is 1.76. The Morgan fingerprint density at radius 2 is 2.12 bits per heavy atom. The molecule has 0 fully saturated rings. The van der Waals surface area contributed by atoms with E-state index in [1.54, 1.807) is 6.26 Å². The summed E-state index contributed by atoms with van der Waals surface area (Å²) in [5.74, 6) is -0.901. The van der Waals surface area contributed by atoms with Gasteiger partial charge in [-0.15, -0.1) is 11.8 Å². The number of nitrogens with zero attached hydrogens (tertiary/aromatic N) is 1. The third-order valence-electron chi connectivity index (χ3n) is 2.14. The van der Waals surface area contributed by atoms with Gasteiger partial charge in [0.15, 0.2) is 0 Å². The van der Waals surface area contributed by atoms with Gasteiger partial charge in [-0.3, -0.25) is 5.10 Å². The largest absolute Gasteiger partial charge is 0.382 e. The van der Waals surface area contributed by atoms with Crippen molar-refractivity contribution in [2.45, 2.75) is 4.90 Å². The van der Waals surface area contributed by atoms with Gasteiger partial charge in [-0.2, -0.15) is 5.10 Å². The Hall–Kier alpha value is -1.56. The van der Waals surface area contributed by atoms with Gasteiger partial charge in [-0.05, 0) is 18.4 Å². The van der Waals surface area contributed by atoms with E-state index in [-0.39, 0.29) is 16.3 Å². The molecule has 0 radical (unpaired) electrons. The number of nitrogens with one attached hydrogen (secondary N) is 1. The van der Waals surface area contributed by atoms with Crippen LogP contribution < -0.4 is 5.73 Å². The lowest BCUT2D eigenvalue weighted by Gasteiger charge is -2.05. The summed E-state index contributed by atoms with van der Waals surface area (Å²) in [6, 6.07) is 4.08. The molecule has 84 valence electrons. The summed E-state index contributed by atoms with van der Waals surface area (Å²) in [5, 5.41) is 6.28. The molecule has 3 N–H and O–H groups in total. The zero-order valence-corrected chi connectivity index (χ0v) is 9.24. The summed E-state index contributed by atoms with van der Waals surface area (Å²) in [4.78, 5) is -0.00864. The Morgan fingerprint density at radius 3 is 2.69 bits per heavy atom. The van der Waals surface area contributed by atoms with Gasteiger partial charge in [0.2, 0.25) is 0 Å². The smallest absolute Gasteiger partial charge is 0.149 e. The molecular formula is C10H9F2N3S. The molecule has 0 aliphatic heterocycles. The van der Waals surface area contributed by atoms with Crippen LogP contribution in [0.1, 0.15) is 0 Å². The number of halogens is 2. The number of nitrogens with two attached hydrogens (primary N) is 1. The van der Waals surface area contributed by atoms with E-state index in [0.717, 1.165) is 11.8 Å². The maximum absolute atomic E-state index is 13.9. The SMILES string of the molecule is CSc1c(F)ccc(-c2cc(N)n[nH]2)c1F. The van der Waals surface area contributed by atoms with Crippen molar-refractivity contribution < 1.29 is 8.78 Å². The molecule has 0 atom stereocenters. The van der Waals surface area contributed by atoms with Crippen LogP contribution in [0.2, 0.25) is 0 Å². The van der Waals surface area contributed by atoms with E-state index in [4.69, 9.17) is 5.73 Å². The van der Waals surface area contributed by atoms with Crippen molar-refractivity contribution in [1.82, 2.24) is 10.2 Å². The van der Waals surface area contributed by atoms with Gasteiger partial charge in [0.25, 0.3) is 0 Å². The zero-order chi connectivity index (χ0) is 11.7. The molecule has 0 spiro atoms. The lowest BCUT2D eigenvalue weighted by molar-refractivity contribution is 0.543. The average Bonchev–Trinajstić information content (AvgIpc) is 2.65. The number of rotatable bonds is 2. The second-order valence-electron chi connectivity index (χ2n) is 3.15. The van der Waals surface area contributed by atoms with Crippen molar-refractivity contribution in [3.63, 3.8) is 0 Å². The summed E-state index contributed by atoms with van der Waals surface area (Å²) in [7, 11) is 0. The number of benzene rings is 1. The van der Waals surface area contributed by atoms with Crippen LogP contribution in [0.15, 0.2) is 23.1 Å². The number of aromatic nitrogens is 2. The summed E-state index contributed by atoms with van der Waals surface area (Å²) in [5.41, 5.74) is 6.12. The first-order valence-electron chi connectivity index (χ1n) is 4.46. The molecule has 0 bridgehead atoms. The minimum Gasteiger partial charge on any atom is -0.382 e. The van der Waals surface area contributed by atoms with Crippen LogP contribution in [-0.4, -0.2) is 16.5 Å². The fraction of sp³-hybridized carbons (Fsp3) is 0.100. The number of H-pyrrole nitrogens is 1. The van der Waals surface area contributed by atoms with Crippen LogP contribution in [-0.2, 0) is 0 Å². The molecule has 0 unspecified atom stereocenters. The third-order valence-corrected chi connectivity index (χ3v) is 2.92. The first-order chi connectivity index (χ1) is 7.63. The standard InChI is InChI=1S/C10H9F2N3S/c1-16-10-6(11)3-2-5(9(10)12)7-4-8(13)15-14-7/h2-4H,1H3,(H3,13,14,15). The van der Waals surface area contributed by atoms with Gasteiger partial charge in [-0.1, -0.05) is 0 Å². The fourth-order valence-corrected chi connectivity index (χ4v) is 1.96. The lowest BCUT2D eigenvalue weighted by Crippen LogP contribution is -1.91. The maximum atomic E-state index is 13.9. The Morgan fingerprint density at radius 1 is 1.38 bits per heavy atom. The first kappa shape index (κ1) is 10.9. The number of hydrogen-bond donors (Lipinski definition) is 2. The minimum absolute atomic E-state index is 0.00864. The van der Waals surface area contributed by atoms with Crippen LogP contribution in [0.5, 0.6) is 0 Å². The number of aromatic amines is 1. The maximum Gasteiger partial charge on any atom is 0.149 e. The highest BCUT2D eigenvalue weighted by atomic mass is 32.2. The molecule has 2 aromatic rings. The van der Waals surface area contributed by atoms with E-state index in [9.17, 15) is 8.78 Å². The van der Waals surface area contributed by atoms with Crippen molar-refractivity contribution >= 4 is 17.6 Å². The van der Waals surface area contributed by atoms with E-state index < -0.39 is 11.6 Å². The fourth-order valence-electron chi connectivity index (χ4n) is 1.40. The second kappa shape index (κ2) is 4.13. The van der Waals surface area contributed by atoms with Gasteiger partial charge in [0.05, 0.1) is 10.6 Å². The van der Waals surface area contributed by atoms with Crippen molar-refractivity contribution in [2.24, 2.45) is 0 Å². The molecule has 3 nitrogen and oxygen atoms in total. The Kier molecular flexibility index (Phi) is 2.82. The molecule has 0 aliphatic carbocycles. The van der Waals surface area contributed by atoms with Crippen LogP contribution in [0.25, 0.3) is 11.3 Å². The predicted octanol–water partition coefficient (Wildman–Crippen LogP) is 2.66. The van der Waals surface area contributed by atoms with Gasteiger partial charge in [0, 0.05) is 11.6 Å². The highest BCUT2D eigenvalue weighted by Gasteiger charge is 2.15. The van der Waals surface area contributed by atoms with Crippen molar-refractivity contribution in [3.05, 3.63) is 29.8 Å². The van der Waals surface area contributed by atoms with Crippen LogP contribution in [0.3, 0.4) is 0 Å². The molecule has 1 aromatic heterocycles. The van der Waals surface area contributed by atoms with Gasteiger partial charge < -0.3 is 5.73 Å². The van der Waals surface area contributed by atoms with E-state index in [1.807, 2.05) is 0 Å². The molecule has 1 heterocycles. The average molecular weight is 241 g/mol. The molecule has 0 amide bonds. The molecule has 1 aromatic carbocycles. The molecule has 0 saturated carbocycles. The topological polar surface area (TPSA) is 54.7 Å². The predicted molar refractivity (Wildman–Crippen MR) is 60.1 cm³/mol. The lowest BCUT2D eigenvalue weighted by atomic mass is 10.1. The Bertz CT molecular complexity index is 525. The molecule has 0 saturated heterocycles. The molecular weight excluding hydrogens is 232 g/mol. The van der Waals surface area contributed by atoms with Gasteiger partial charge >= 0.3 is 0 Å². The Balaban J connectivity index is 2.58. The van der Waals surface area contributed by atoms with E-state index in [2.05, 4.69) is 10.2 Å². The van der Waals surface area contributed by atoms with Crippen LogP contribution >= 0.6 is 11.8 Å².